The zero-order valence-corrected chi connectivity index (χ0v) is 9.81. The second kappa shape index (κ2) is 4.12. The summed E-state index contributed by atoms with van der Waals surface area (Å²) in [7, 11) is 0. The first-order chi connectivity index (χ1) is 7.15. The van der Waals surface area contributed by atoms with E-state index >= 15 is 0 Å². The molecule has 86 valence electrons. The quantitative estimate of drug-likeness (QED) is 0.737. The van der Waals surface area contributed by atoms with Crippen LogP contribution < -0.4 is 10.6 Å². The van der Waals surface area contributed by atoms with Gasteiger partial charge in [-0.1, -0.05) is 13.8 Å². The highest BCUT2D eigenvalue weighted by Crippen LogP contribution is 2.54. The number of nitrogens with one attached hydrogen (secondary N) is 2. The van der Waals surface area contributed by atoms with E-state index in [4.69, 9.17) is 0 Å². The van der Waals surface area contributed by atoms with Gasteiger partial charge in [-0.25, -0.2) is 0 Å². The Hall–Kier alpha value is -0.570. The molecule has 0 aromatic heterocycles. The molecule has 0 bridgehead atoms. The molecule has 3 atom stereocenters. The molecule has 0 aromatic rings. The van der Waals surface area contributed by atoms with Crippen molar-refractivity contribution in [1.82, 2.24) is 10.6 Å². The largest absolute Gasteiger partial charge is 0.352 e. The number of hydrogen-bond donors (Lipinski definition) is 2. The number of carbonyl (C=O) groups excluding carboxylic acids is 1. The smallest absolute Gasteiger partial charge is 0.223 e. The third kappa shape index (κ3) is 2.33. The fraction of sp³-hybridized carbons (Fsp3) is 0.917. The minimum atomic E-state index is 0.282. The molecule has 3 heteroatoms. The second-order valence-electron chi connectivity index (χ2n) is 5.32. The predicted molar refractivity (Wildman–Crippen MR) is 60.5 cm³/mol. The van der Waals surface area contributed by atoms with Crippen LogP contribution in [0.1, 0.15) is 39.5 Å². The third-order valence-corrected chi connectivity index (χ3v) is 4.12. The van der Waals surface area contributed by atoms with Crippen molar-refractivity contribution in [2.45, 2.75) is 45.6 Å². The maximum absolute atomic E-state index is 11.9. The fourth-order valence-electron chi connectivity index (χ4n) is 2.48. The van der Waals surface area contributed by atoms with Crippen molar-refractivity contribution >= 4 is 5.91 Å². The molecule has 0 spiro atoms. The highest BCUT2D eigenvalue weighted by molar-refractivity contribution is 5.82. The van der Waals surface area contributed by atoms with Crippen LogP contribution in [0.3, 0.4) is 0 Å². The highest BCUT2D eigenvalue weighted by atomic mass is 16.2. The Morgan fingerprint density at radius 2 is 2.40 bits per heavy atom. The molecule has 1 saturated heterocycles. The van der Waals surface area contributed by atoms with E-state index in [-0.39, 0.29) is 11.8 Å². The van der Waals surface area contributed by atoms with Crippen LogP contribution in [0.4, 0.5) is 0 Å². The lowest BCUT2D eigenvalue weighted by molar-refractivity contribution is -0.123. The topological polar surface area (TPSA) is 41.1 Å². The summed E-state index contributed by atoms with van der Waals surface area (Å²) in [6.45, 7) is 6.44. The number of rotatable bonds is 3. The summed E-state index contributed by atoms with van der Waals surface area (Å²) in [5, 5.41) is 6.49. The van der Waals surface area contributed by atoms with E-state index in [1.165, 1.54) is 6.42 Å². The van der Waals surface area contributed by atoms with Crippen molar-refractivity contribution in [2.24, 2.45) is 11.3 Å². The lowest BCUT2D eigenvalue weighted by Gasteiger charge is -2.24. The molecule has 15 heavy (non-hydrogen) atoms. The molecular formula is C12H22N2O. The van der Waals surface area contributed by atoms with Crippen LogP contribution in [-0.4, -0.2) is 25.0 Å². The van der Waals surface area contributed by atoms with Crippen LogP contribution in [0.15, 0.2) is 0 Å². The maximum Gasteiger partial charge on any atom is 0.223 e. The van der Waals surface area contributed by atoms with Crippen molar-refractivity contribution in [3.63, 3.8) is 0 Å². The molecule has 2 unspecified atom stereocenters. The van der Waals surface area contributed by atoms with Gasteiger partial charge in [0, 0.05) is 18.5 Å². The highest BCUT2D eigenvalue weighted by Gasteiger charge is 2.53. The second-order valence-corrected chi connectivity index (χ2v) is 5.32. The van der Waals surface area contributed by atoms with Gasteiger partial charge in [-0.3, -0.25) is 4.79 Å². The summed E-state index contributed by atoms with van der Waals surface area (Å²) in [4.78, 5) is 11.9. The molecule has 1 aliphatic heterocycles. The number of carbonyl (C=O) groups is 1. The first kappa shape index (κ1) is 10.9. The van der Waals surface area contributed by atoms with Crippen LogP contribution in [0.5, 0.6) is 0 Å². The van der Waals surface area contributed by atoms with Gasteiger partial charge in [0.2, 0.25) is 5.91 Å². The lowest BCUT2D eigenvalue weighted by atomic mass is 10.0. The molecular weight excluding hydrogens is 188 g/mol. The third-order valence-electron chi connectivity index (χ3n) is 4.12. The van der Waals surface area contributed by atoms with E-state index in [2.05, 4.69) is 24.5 Å². The average Bonchev–Trinajstić information content (AvgIpc) is 2.93. The molecule has 0 aromatic carbocycles. The van der Waals surface area contributed by atoms with Gasteiger partial charge in [-0.2, -0.15) is 0 Å². The fourth-order valence-corrected chi connectivity index (χ4v) is 2.48. The molecule has 0 radical (unpaired) electrons. The molecule has 1 amide bonds. The van der Waals surface area contributed by atoms with Crippen molar-refractivity contribution in [1.29, 1.82) is 0 Å². The minimum Gasteiger partial charge on any atom is -0.352 e. The maximum atomic E-state index is 11.9. The molecule has 1 heterocycles. The molecule has 2 rings (SSSR count). The Morgan fingerprint density at radius 1 is 1.60 bits per heavy atom. The van der Waals surface area contributed by atoms with Crippen LogP contribution >= 0.6 is 0 Å². The van der Waals surface area contributed by atoms with Gasteiger partial charge in [0.15, 0.2) is 0 Å². The zero-order valence-electron chi connectivity index (χ0n) is 9.81. The van der Waals surface area contributed by atoms with E-state index in [0.29, 0.717) is 11.5 Å². The van der Waals surface area contributed by atoms with Crippen LogP contribution in [-0.2, 0) is 4.79 Å². The SMILES string of the molecule is CCC1(C)CC1C(=O)N[C@@H]1CCCNC1. The summed E-state index contributed by atoms with van der Waals surface area (Å²) in [6.07, 6.45) is 4.51. The van der Waals surface area contributed by atoms with Crippen LogP contribution in [0.25, 0.3) is 0 Å². The van der Waals surface area contributed by atoms with Gasteiger partial charge >= 0.3 is 0 Å². The molecule has 2 fully saturated rings. The molecule has 1 aliphatic carbocycles. The van der Waals surface area contributed by atoms with Crippen molar-refractivity contribution in [3.05, 3.63) is 0 Å². The molecule has 2 aliphatic rings. The normalized spacial score (nSPS) is 39.9. The van der Waals surface area contributed by atoms with Gasteiger partial charge in [-0.15, -0.1) is 0 Å². The molecule has 2 N–H and O–H groups in total. The summed E-state index contributed by atoms with van der Waals surface area (Å²) >= 11 is 0. The van der Waals surface area contributed by atoms with Crippen LogP contribution in [0, 0.1) is 11.3 Å². The van der Waals surface area contributed by atoms with E-state index in [9.17, 15) is 4.79 Å². The summed E-state index contributed by atoms with van der Waals surface area (Å²) in [6, 6.07) is 0.368. The van der Waals surface area contributed by atoms with E-state index < -0.39 is 0 Å². The summed E-state index contributed by atoms with van der Waals surface area (Å²) in [5.41, 5.74) is 0.298. The Bertz CT molecular complexity index is 248. The summed E-state index contributed by atoms with van der Waals surface area (Å²) < 4.78 is 0. The first-order valence-corrected chi connectivity index (χ1v) is 6.17. The predicted octanol–water partition coefficient (Wildman–Crippen LogP) is 1.29. The minimum absolute atomic E-state index is 0.282. The first-order valence-electron chi connectivity index (χ1n) is 6.17. The average molecular weight is 210 g/mol. The standard InChI is InChI=1S/C12H22N2O/c1-3-12(2)7-10(12)11(15)14-9-5-4-6-13-8-9/h9-10,13H,3-8H2,1-2H3,(H,14,15)/t9-,10?,12?/m1/s1. The number of hydrogen-bond acceptors (Lipinski definition) is 2. The van der Waals surface area contributed by atoms with E-state index in [0.717, 1.165) is 32.4 Å². The Balaban J connectivity index is 1.78. The van der Waals surface area contributed by atoms with Crippen molar-refractivity contribution in [3.8, 4) is 0 Å². The monoisotopic (exact) mass is 210 g/mol. The van der Waals surface area contributed by atoms with Gasteiger partial charge in [-0.05, 0) is 37.6 Å². The number of amides is 1. The van der Waals surface area contributed by atoms with Gasteiger partial charge in [0.1, 0.15) is 0 Å². The van der Waals surface area contributed by atoms with E-state index in [1.54, 1.807) is 0 Å². The van der Waals surface area contributed by atoms with Crippen molar-refractivity contribution < 1.29 is 4.79 Å². The van der Waals surface area contributed by atoms with Crippen LogP contribution in [0.2, 0.25) is 0 Å². The van der Waals surface area contributed by atoms with Gasteiger partial charge in [0.05, 0.1) is 0 Å². The lowest BCUT2D eigenvalue weighted by Crippen LogP contribution is -2.46. The Labute approximate surface area is 92.0 Å². The Morgan fingerprint density at radius 3 is 2.93 bits per heavy atom. The summed E-state index contributed by atoms with van der Waals surface area (Å²) in [5.74, 6) is 0.567. The van der Waals surface area contributed by atoms with Crippen molar-refractivity contribution in [2.75, 3.05) is 13.1 Å². The molecule has 3 nitrogen and oxygen atoms in total. The van der Waals surface area contributed by atoms with Gasteiger partial charge < -0.3 is 10.6 Å². The van der Waals surface area contributed by atoms with Gasteiger partial charge in [0.25, 0.3) is 0 Å². The van der Waals surface area contributed by atoms with E-state index in [1.807, 2.05) is 0 Å². The molecule has 1 saturated carbocycles. The number of piperidine rings is 1. The zero-order chi connectivity index (χ0) is 10.9. The Kier molecular flexibility index (Phi) is 3.01.